The summed E-state index contributed by atoms with van der Waals surface area (Å²) in [6.45, 7) is 1.64. The van der Waals surface area contributed by atoms with E-state index in [-0.39, 0.29) is 10.2 Å². The number of benzene rings is 2. The zero-order valence-electron chi connectivity index (χ0n) is 13.5. The smallest absolute Gasteiger partial charge is 0.226 e. The minimum absolute atomic E-state index is 0.239. The maximum Gasteiger partial charge on any atom is 0.226 e. The molecule has 0 saturated carbocycles. The minimum atomic E-state index is -0.718. The molecule has 5 nitrogen and oxygen atoms in total. The number of hydrogen-bond donors (Lipinski definition) is 1. The lowest BCUT2D eigenvalue weighted by Crippen LogP contribution is -2.22. The van der Waals surface area contributed by atoms with Crippen molar-refractivity contribution in [2.75, 3.05) is 24.7 Å². The van der Waals surface area contributed by atoms with Crippen molar-refractivity contribution >= 4 is 23.1 Å². The van der Waals surface area contributed by atoms with E-state index in [1.165, 1.54) is 11.8 Å². The summed E-state index contributed by atoms with van der Waals surface area (Å²) in [6.07, 6.45) is 0. The summed E-state index contributed by atoms with van der Waals surface area (Å²) in [5, 5.41) is 11.0. The summed E-state index contributed by atoms with van der Waals surface area (Å²) in [5.41, 5.74) is 8.62. The number of nitro groups is 1. The predicted molar refractivity (Wildman–Crippen MR) is 96.7 cm³/mol. The number of hydrogen-bond acceptors (Lipinski definition) is 5. The van der Waals surface area contributed by atoms with Gasteiger partial charge < -0.3 is 10.6 Å². The van der Waals surface area contributed by atoms with Crippen LogP contribution in [0.3, 0.4) is 0 Å². The largest absolute Gasteiger partial charge is 0.398 e. The number of anilines is 2. The zero-order valence-corrected chi connectivity index (χ0v) is 14.3. The number of para-hydroxylation sites is 1. The third-order valence-corrected chi connectivity index (χ3v) is 5.23. The number of nitrogens with zero attached hydrogens (tertiary/aromatic N) is 2. The molecule has 0 bridgehead atoms. The standard InChI is InChI=1S/C17H21N3O2S/c1-12(20(21)22)17(23-16-7-5-4-6-15(16)18)13-8-10-14(11-9-13)19(2)3/h4-12,17H,18H2,1-3H3. The van der Waals surface area contributed by atoms with E-state index in [9.17, 15) is 10.1 Å². The van der Waals surface area contributed by atoms with Crippen LogP contribution in [0.5, 0.6) is 0 Å². The van der Waals surface area contributed by atoms with E-state index in [0.29, 0.717) is 5.69 Å². The SMILES string of the molecule is CC(C(Sc1ccccc1N)c1ccc(N(C)C)cc1)[N+](=O)[O-]. The lowest BCUT2D eigenvalue weighted by atomic mass is 10.1. The van der Waals surface area contributed by atoms with Crippen LogP contribution in [0.1, 0.15) is 17.7 Å². The number of rotatable bonds is 6. The van der Waals surface area contributed by atoms with Gasteiger partial charge >= 0.3 is 0 Å². The van der Waals surface area contributed by atoms with Crippen LogP contribution < -0.4 is 10.6 Å². The van der Waals surface area contributed by atoms with Gasteiger partial charge in [-0.25, -0.2) is 0 Å². The van der Waals surface area contributed by atoms with E-state index in [1.807, 2.05) is 67.5 Å². The van der Waals surface area contributed by atoms with Crippen LogP contribution in [-0.4, -0.2) is 25.1 Å². The monoisotopic (exact) mass is 331 g/mol. The first-order chi connectivity index (χ1) is 10.9. The third kappa shape index (κ3) is 4.16. The van der Waals surface area contributed by atoms with Crippen molar-refractivity contribution in [1.29, 1.82) is 0 Å². The van der Waals surface area contributed by atoms with Crippen molar-refractivity contribution in [1.82, 2.24) is 0 Å². The highest BCUT2D eigenvalue weighted by Gasteiger charge is 2.29. The highest BCUT2D eigenvalue weighted by Crippen LogP contribution is 2.41. The van der Waals surface area contributed by atoms with Gasteiger partial charge in [-0.2, -0.15) is 0 Å². The molecule has 0 spiro atoms. The van der Waals surface area contributed by atoms with Gasteiger partial charge in [0.25, 0.3) is 0 Å². The second kappa shape index (κ2) is 7.37. The fourth-order valence-corrected chi connectivity index (χ4v) is 3.47. The predicted octanol–water partition coefficient (Wildman–Crippen LogP) is 3.83. The summed E-state index contributed by atoms with van der Waals surface area (Å²) in [5.74, 6) is 0. The quantitative estimate of drug-likeness (QED) is 0.377. The Morgan fingerprint density at radius 1 is 1.13 bits per heavy atom. The molecule has 2 unspecified atom stereocenters. The molecule has 2 aromatic carbocycles. The minimum Gasteiger partial charge on any atom is -0.398 e. The van der Waals surface area contributed by atoms with Gasteiger partial charge in [0.1, 0.15) is 5.25 Å². The van der Waals surface area contributed by atoms with Crippen molar-refractivity contribution in [2.24, 2.45) is 0 Å². The average Bonchev–Trinajstić information content (AvgIpc) is 2.53. The topological polar surface area (TPSA) is 72.4 Å². The molecule has 23 heavy (non-hydrogen) atoms. The van der Waals surface area contributed by atoms with Crippen molar-refractivity contribution in [2.45, 2.75) is 23.1 Å². The van der Waals surface area contributed by atoms with Crippen LogP contribution >= 0.6 is 11.8 Å². The molecular weight excluding hydrogens is 310 g/mol. The molecule has 2 rings (SSSR count). The molecule has 122 valence electrons. The molecule has 0 aliphatic heterocycles. The fraction of sp³-hybridized carbons (Fsp3) is 0.294. The maximum atomic E-state index is 11.3. The zero-order chi connectivity index (χ0) is 17.0. The number of nitrogens with two attached hydrogens (primary N) is 1. The molecule has 0 saturated heterocycles. The Morgan fingerprint density at radius 3 is 2.26 bits per heavy atom. The molecule has 2 N–H and O–H groups in total. The molecule has 0 aliphatic rings. The number of nitrogen functional groups attached to an aromatic ring is 1. The summed E-state index contributed by atoms with van der Waals surface area (Å²) >= 11 is 1.44. The molecule has 0 amide bonds. The van der Waals surface area contributed by atoms with Gasteiger partial charge in [0.2, 0.25) is 6.04 Å². The van der Waals surface area contributed by atoms with Crippen molar-refractivity contribution in [3.05, 3.63) is 64.2 Å². The molecule has 0 heterocycles. The van der Waals surface area contributed by atoms with Crippen LogP contribution in [0.2, 0.25) is 0 Å². The van der Waals surface area contributed by atoms with E-state index in [0.717, 1.165) is 16.1 Å². The van der Waals surface area contributed by atoms with E-state index >= 15 is 0 Å². The van der Waals surface area contributed by atoms with Gasteiger partial charge in [0, 0.05) is 42.2 Å². The summed E-state index contributed by atoms with van der Waals surface area (Å²) in [7, 11) is 3.93. The Labute approximate surface area is 140 Å². The molecule has 0 radical (unpaired) electrons. The molecular formula is C17H21N3O2S. The molecule has 0 fully saturated rings. The molecule has 0 aliphatic carbocycles. The first-order valence-electron chi connectivity index (χ1n) is 7.32. The Bertz CT molecular complexity index is 674. The first kappa shape index (κ1) is 17.1. The second-order valence-electron chi connectivity index (χ2n) is 5.59. The van der Waals surface area contributed by atoms with Crippen molar-refractivity contribution in [3.63, 3.8) is 0 Å². The van der Waals surface area contributed by atoms with Crippen molar-refractivity contribution in [3.8, 4) is 0 Å². The lowest BCUT2D eigenvalue weighted by molar-refractivity contribution is -0.518. The normalized spacial score (nSPS) is 13.3. The van der Waals surface area contributed by atoms with Crippen LogP contribution in [0.25, 0.3) is 0 Å². The second-order valence-corrected chi connectivity index (χ2v) is 6.77. The molecule has 2 aromatic rings. The van der Waals surface area contributed by atoms with Gasteiger partial charge in [0.15, 0.2) is 0 Å². The highest BCUT2D eigenvalue weighted by atomic mass is 32.2. The molecule has 2 atom stereocenters. The van der Waals surface area contributed by atoms with Crippen LogP contribution in [0, 0.1) is 10.1 Å². The van der Waals surface area contributed by atoms with Gasteiger partial charge in [-0.3, -0.25) is 10.1 Å². The lowest BCUT2D eigenvalue weighted by Gasteiger charge is -2.20. The van der Waals surface area contributed by atoms with Gasteiger partial charge in [0.05, 0.1) is 0 Å². The Morgan fingerprint density at radius 2 is 1.74 bits per heavy atom. The van der Waals surface area contributed by atoms with E-state index in [4.69, 9.17) is 5.73 Å². The Kier molecular flexibility index (Phi) is 5.50. The number of thioether (sulfide) groups is 1. The first-order valence-corrected chi connectivity index (χ1v) is 8.20. The van der Waals surface area contributed by atoms with Gasteiger partial charge in [-0.15, -0.1) is 11.8 Å². The molecule has 6 heteroatoms. The van der Waals surface area contributed by atoms with Crippen LogP contribution in [0.15, 0.2) is 53.4 Å². The van der Waals surface area contributed by atoms with Gasteiger partial charge in [-0.05, 0) is 29.8 Å². The summed E-state index contributed by atoms with van der Waals surface area (Å²) in [6, 6.07) is 14.6. The third-order valence-electron chi connectivity index (χ3n) is 3.68. The Hall–Kier alpha value is -2.21. The highest BCUT2D eigenvalue weighted by molar-refractivity contribution is 7.99. The summed E-state index contributed by atoms with van der Waals surface area (Å²) in [4.78, 5) is 13.9. The van der Waals surface area contributed by atoms with Crippen LogP contribution in [0.4, 0.5) is 11.4 Å². The van der Waals surface area contributed by atoms with E-state index in [2.05, 4.69) is 0 Å². The Balaban J connectivity index is 2.34. The van der Waals surface area contributed by atoms with E-state index in [1.54, 1.807) is 6.92 Å². The average molecular weight is 331 g/mol. The fourth-order valence-electron chi connectivity index (χ4n) is 2.24. The summed E-state index contributed by atoms with van der Waals surface area (Å²) < 4.78 is 0. The van der Waals surface area contributed by atoms with E-state index < -0.39 is 6.04 Å². The van der Waals surface area contributed by atoms with Crippen molar-refractivity contribution < 1.29 is 4.92 Å². The maximum absolute atomic E-state index is 11.3. The van der Waals surface area contributed by atoms with Gasteiger partial charge in [-0.1, -0.05) is 24.3 Å². The van der Waals surface area contributed by atoms with Crippen LogP contribution in [-0.2, 0) is 0 Å². The molecule has 0 aromatic heterocycles.